The van der Waals surface area contributed by atoms with Gasteiger partial charge in [-0.15, -0.1) is 0 Å². The van der Waals surface area contributed by atoms with Crippen LogP contribution >= 0.6 is 0 Å². The number of morpholine rings is 1. The lowest BCUT2D eigenvalue weighted by molar-refractivity contribution is -0.133. The van der Waals surface area contributed by atoms with Crippen LogP contribution < -0.4 is 0 Å². The molecule has 1 aliphatic rings. The topological polar surface area (TPSA) is 66.2 Å². The van der Waals surface area contributed by atoms with Crippen LogP contribution in [-0.4, -0.2) is 72.5 Å². The molecule has 0 spiro atoms. The second-order valence-corrected chi connectivity index (χ2v) is 10.1. The summed E-state index contributed by atoms with van der Waals surface area (Å²) in [5.74, 6) is -0.0858. The van der Waals surface area contributed by atoms with Gasteiger partial charge in [0.25, 0.3) is 5.91 Å². The third-order valence-electron chi connectivity index (χ3n) is 7.18. The molecule has 0 bridgehead atoms. The molecule has 1 aromatic heterocycles. The van der Waals surface area contributed by atoms with Crippen LogP contribution in [0.25, 0.3) is 10.8 Å². The Kier molecular flexibility index (Phi) is 9.21. The summed E-state index contributed by atoms with van der Waals surface area (Å²) in [4.78, 5) is 33.2. The summed E-state index contributed by atoms with van der Waals surface area (Å²) in [7, 11) is 0. The van der Waals surface area contributed by atoms with E-state index in [0.717, 1.165) is 42.4 Å². The maximum atomic E-state index is 13.8. The van der Waals surface area contributed by atoms with Crippen molar-refractivity contribution in [1.82, 2.24) is 14.7 Å². The number of amides is 2. The van der Waals surface area contributed by atoms with E-state index in [4.69, 9.17) is 9.15 Å². The zero-order valence-electron chi connectivity index (χ0n) is 22.5. The first-order valence-corrected chi connectivity index (χ1v) is 13.7. The molecular weight excluding hydrogens is 509 g/mol. The van der Waals surface area contributed by atoms with E-state index >= 15 is 0 Å². The van der Waals surface area contributed by atoms with E-state index in [0.29, 0.717) is 31.1 Å². The lowest BCUT2D eigenvalue weighted by atomic mass is 10.1. The number of furan rings is 1. The number of hydrogen-bond acceptors (Lipinski definition) is 5. The van der Waals surface area contributed by atoms with Crippen molar-refractivity contribution >= 4 is 22.6 Å². The van der Waals surface area contributed by atoms with Crippen molar-refractivity contribution in [3.05, 3.63) is 108 Å². The quantitative estimate of drug-likeness (QED) is 0.267. The normalized spacial score (nSPS) is 13.8. The summed E-state index contributed by atoms with van der Waals surface area (Å²) < 4.78 is 24.5. The largest absolute Gasteiger partial charge is 0.467 e. The van der Waals surface area contributed by atoms with Crippen LogP contribution in [0.4, 0.5) is 4.39 Å². The number of nitrogens with zero attached hydrogens (tertiary/aromatic N) is 3. The number of ether oxygens (including phenoxy) is 1. The van der Waals surface area contributed by atoms with Gasteiger partial charge < -0.3 is 19.0 Å². The Morgan fingerprint density at radius 1 is 0.850 bits per heavy atom. The number of carbonyl (C=O) groups is 2. The van der Waals surface area contributed by atoms with E-state index < -0.39 is 0 Å². The molecule has 0 unspecified atom stereocenters. The highest BCUT2D eigenvalue weighted by molar-refractivity contribution is 6.00. The lowest BCUT2D eigenvalue weighted by Crippen LogP contribution is -2.44. The van der Waals surface area contributed by atoms with Crippen LogP contribution in [0.2, 0.25) is 0 Å². The summed E-state index contributed by atoms with van der Waals surface area (Å²) in [6.07, 6.45) is 2.31. The van der Waals surface area contributed by atoms with Gasteiger partial charge in [-0.2, -0.15) is 0 Å². The molecule has 0 saturated carbocycles. The van der Waals surface area contributed by atoms with Crippen LogP contribution in [-0.2, 0) is 22.6 Å². The zero-order valence-corrected chi connectivity index (χ0v) is 22.5. The van der Waals surface area contributed by atoms with E-state index in [1.54, 1.807) is 34.3 Å². The van der Waals surface area contributed by atoms with Crippen molar-refractivity contribution in [2.45, 2.75) is 19.5 Å². The van der Waals surface area contributed by atoms with Gasteiger partial charge in [0.2, 0.25) is 5.91 Å². The third kappa shape index (κ3) is 7.34. The number of carbonyl (C=O) groups excluding carboxylic acids is 2. The fourth-order valence-electron chi connectivity index (χ4n) is 4.96. The van der Waals surface area contributed by atoms with Crippen LogP contribution in [0.1, 0.15) is 28.1 Å². The first kappa shape index (κ1) is 27.6. The monoisotopic (exact) mass is 543 g/mol. The molecule has 0 atom stereocenters. The van der Waals surface area contributed by atoms with Gasteiger partial charge in [0.1, 0.15) is 18.1 Å². The predicted molar refractivity (Wildman–Crippen MR) is 151 cm³/mol. The minimum absolute atomic E-state index is 0.0727. The maximum Gasteiger partial charge on any atom is 0.254 e. The van der Waals surface area contributed by atoms with Gasteiger partial charge in [-0.1, -0.05) is 42.5 Å². The van der Waals surface area contributed by atoms with Crippen molar-refractivity contribution in [2.24, 2.45) is 0 Å². The summed E-state index contributed by atoms with van der Waals surface area (Å²) in [5.41, 5.74) is 1.34. The Bertz CT molecular complexity index is 1400. The standard InChI is InChI=1S/C32H34FN3O4/c33-29-12-8-25(9-13-29)22-36(23-30-7-3-18-40-30)31(37)24-35(15-4-14-34-16-19-39-20-17-34)32(38)28-11-10-26-5-1-2-6-27(26)21-28/h1-3,5-13,18,21H,4,14-17,19-20,22-24H2. The number of rotatable bonds is 11. The van der Waals surface area contributed by atoms with Crippen molar-refractivity contribution in [1.29, 1.82) is 0 Å². The van der Waals surface area contributed by atoms with Crippen LogP contribution in [0.15, 0.2) is 89.5 Å². The van der Waals surface area contributed by atoms with Gasteiger partial charge in [-0.05, 0) is 59.2 Å². The first-order chi connectivity index (χ1) is 19.5. The van der Waals surface area contributed by atoms with E-state index in [-0.39, 0.29) is 37.3 Å². The predicted octanol–water partition coefficient (Wildman–Crippen LogP) is 4.97. The van der Waals surface area contributed by atoms with Crippen LogP contribution in [0, 0.1) is 5.82 Å². The minimum atomic E-state index is -0.333. The highest BCUT2D eigenvalue weighted by Crippen LogP contribution is 2.18. The van der Waals surface area contributed by atoms with E-state index in [9.17, 15) is 14.0 Å². The smallest absolute Gasteiger partial charge is 0.254 e. The van der Waals surface area contributed by atoms with Gasteiger partial charge in [0, 0.05) is 38.3 Å². The third-order valence-corrected chi connectivity index (χ3v) is 7.18. The Labute approximate surface area is 233 Å². The van der Waals surface area contributed by atoms with Gasteiger partial charge in [-0.3, -0.25) is 14.5 Å². The molecule has 0 radical (unpaired) electrons. The Balaban J connectivity index is 1.34. The molecule has 0 N–H and O–H groups in total. The minimum Gasteiger partial charge on any atom is -0.467 e. The summed E-state index contributed by atoms with van der Waals surface area (Å²) in [6, 6.07) is 23.2. The highest BCUT2D eigenvalue weighted by Gasteiger charge is 2.24. The van der Waals surface area contributed by atoms with Gasteiger partial charge in [-0.25, -0.2) is 4.39 Å². The van der Waals surface area contributed by atoms with E-state index in [2.05, 4.69) is 4.90 Å². The molecule has 1 saturated heterocycles. The summed E-state index contributed by atoms with van der Waals surface area (Å²) in [6.45, 7) is 4.87. The fraction of sp³-hybridized carbons (Fsp3) is 0.312. The average Bonchev–Trinajstić information content (AvgIpc) is 3.50. The molecule has 1 fully saturated rings. The van der Waals surface area contributed by atoms with Crippen molar-refractivity contribution in [3.63, 3.8) is 0 Å². The van der Waals surface area contributed by atoms with Crippen molar-refractivity contribution < 1.29 is 23.1 Å². The molecule has 4 aromatic rings. The fourth-order valence-corrected chi connectivity index (χ4v) is 4.96. The summed E-state index contributed by atoms with van der Waals surface area (Å²) in [5, 5.41) is 2.03. The van der Waals surface area contributed by atoms with Gasteiger partial charge >= 0.3 is 0 Å². The Morgan fingerprint density at radius 2 is 1.62 bits per heavy atom. The maximum absolute atomic E-state index is 13.8. The van der Waals surface area contributed by atoms with Crippen LogP contribution in [0.5, 0.6) is 0 Å². The molecule has 8 heteroatoms. The Hall–Kier alpha value is -4.01. The summed E-state index contributed by atoms with van der Waals surface area (Å²) >= 11 is 0. The average molecular weight is 544 g/mol. The van der Waals surface area contributed by atoms with Gasteiger partial charge in [0.05, 0.1) is 26.0 Å². The first-order valence-electron chi connectivity index (χ1n) is 13.7. The molecule has 2 amide bonds. The van der Waals surface area contributed by atoms with Gasteiger partial charge in [0.15, 0.2) is 0 Å². The second kappa shape index (κ2) is 13.4. The molecule has 1 aliphatic heterocycles. The lowest BCUT2D eigenvalue weighted by Gasteiger charge is -2.30. The molecular formula is C32H34FN3O4. The van der Waals surface area contributed by atoms with E-state index in [1.165, 1.54) is 12.1 Å². The SMILES string of the molecule is O=C(CN(CCCN1CCOCC1)C(=O)c1ccc2ccccc2c1)N(Cc1ccc(F)cc1)Cc1ccco1. The van der Waals surface area contributed by atoms with Crippen molar-refractivity contribution in [3.8, 4) is 0 Å². The second-order valence-electron chi connectivity index (χ2n) is 10.1. The van der Waals surface area contributed by atoms with Crippen LogP contribution in [0.3, 0.4) is 0 Å². The number of fused-ring (bicyclic) bond motifs is 1. The highest BCUT2D eigenvalue weighted by atomic mass is 19.1. The molecule has 208 valence electrons. The molecule has 2 heterocycles. The number of hydrogen-bond donors (Lipinski definition) is 0. The molecule has 40 heavy (non-hydrogen) atoms. The molecule has 7 nitrogen and oxygen atoms in total. The Morgan fingerprint density at radius 3 is 2.38 bits per heavy atom. The molecule has 5 rings (SSSR count). The molecule has 0 aliphatic carbocycles. The molecule has 3 aromatic carbocycles. The number of halogens is 1. The zero-order chi connectivity index (χ0) is 27.7. The van der Waals surface area contributed by atoms with E-state index in [1.807, 2.05) is 48.5 Å². The number of benzene rings is 3. The van der Waals surface area contributed by atoms with Crippen molar-refractivity contribution in [2.75, 3.05) is 45.9 Å².